The number of Topliss-reactive ketones (excluding diaryl/α,β-unsaturated/α-hetero) is 1. The third kappa shape index (κ3) is 3.75. The fourth-order valence-electron chi connectivity index (χ4n) is 1.40. The van der Waals surface area contributed by atoms with E-state index in [-0.39, 0.29) is 12.4 Å². The molecule has 2 rings (SSSR count). The maximum atomic E-state index is 11.8. The number of ketones is 1. The van der Waals surface area contributed by atoms with Crippen molar-refractivity contribution < 1.29 is 9.53 Å². The lowest BCUT2D eigenvalue weighted by Gasteiger charge is -2.03. The van der Waals surface area contributed by atoms with Gasteiger partial charge in [0.25, 0.3) is 0 Å². The van der Waals surface area contributed by atoms with Gasteiger partial charge in [-0.3, -0.25) is 4.79 Å². The number of ether oxygens (including phenoxy) is 1. The average molecular weight is 390 g/mol. The first-order valence-electron chi connectivity index (χ1n) is 5.25. The summed E-state index contributed by atoms with van der Waals surface area (Å²) in [7, 11) is 0. The minimum absolute atomic E-state index is 0.00832. The number of thiophene rings is 1. The summed E-state index contributed by atoms with van der Waals surface area (Å²) in [5.74, 6) is 0.00832. The summed E-state index contributed by atoms with van der Waals surface area (Å²) in [5.41, 5.74) is 1.05. The minimum atomic E-state index is 0.00832. The van der Waals surface area contributed by atoms with Crippen molar-refractivity contribution in [2.75, 3.05) is 6.61 Å². The number of hydrogen-bond donors (Lipinski definition) is 0. The Bertz CT molecular complexity index is 534. The zero-order valence-electron chi connectivity index (χ0n) is 9.36. The molecule has 0 N–H and O–H groups in total. The molecule has 5 heteroatoms. The molecular formula is C13H10Br2O2S. The molecule has 2 nitrogen and oxygen atoms in total. The summed E-state index contributed by atoms with van der Waals surface area (Å²) >= 11 is 8.14. The van der Waals surface area contributed by atoms with E-state index in [4.69, 9.17) is 4.74 Å². The molecule has 1 aromatic heterocycles. The van der Waals surface area contributed by atoms with Gasteiger partial charge in [-0.25, -0.2) is 0 Å². The Morgan fingerprint density at radius 1 is 1.17 bits per heavy atom. The maximum absolute atomic E-state index is 11.8. The molecule has 0 saturated heterocycles. The third-order valence-electron chi connectivity index (χ3n) is 2.29. The Labute approximate surface area is 126 Å². The van der Waals surface area contributed by atoms with Gasteiger partial charge in [-0.1, -0.05) is 28.1 Å². The van der Waals surface area contributed by atoms with Crippen molar-refractivity contribution in [2.24, 2.45) is 0 Å². The summed E-state index contributed by atoms with van der Waals surface area (Å²) in [6.45, 7) is 0.553. The second kappa shape index (κ2) is 6.61. The number of rotatable bonds is 5. The van der Waals surface area contributed by atoms with Crippen LogP contribution in [0, 0.1) is 0 Å². The second-order valence-electron chi connectivity index (χ2n) is 3.64. The lowest BCUT2D eigenvalue weighted by molar-refractivity contribution is 0.0730. The van der Waals surface area contributed by atoms with Crippen LogP contribution in [0.5, 0.6) is 0 Å². The van der Waals surface area contributed by atoms with Crippen molar-refractivity contribution in [1.29, 1.82) is 0 Å². The molecule has 1 heterocycles. The second-order valence-corrected chi connectivity index (χ2v) is 6.33. The molecule has 0 aliphatic rings. The molecule has 0 fully saturated rings. The highest BCUT2D eigenvalue weighted by atomic mass is 79.9. The summed E-state index contributed by atoms with van der Waals surface area (Å²) in [6.07, 6.45) is 0. The summed E-state index contributed by atoms with van der Waals surface area (Å²) in [4.78, 5) is 12.5. The first kappa shape index (κ1) is 13.9. The lowest BCUT2D eigenvalue weighted by Crippen LogP contribution is -2.07. The molecular weight excluding hydrogens is 380 g/mol. The standard InChI is InChI=1S/C13H10Br2O2S/c14-10-3-1-9(2-4-10)7-17-8-12(16)13-11(15)5-6-18-13/h1-6H,7-8H2. The van der Waals surface area contributed by atoms with Crippen LogP contribution < -0.4 is 0 Å². The van der Waals surface area contributed by atoms with Crippen molar-refractivity contribution in [2.45, 2.75) is 6.61 Å². The quantitative estimate of drug-likeness (QED) is 0.694. The van der Waals surface area contributed by atoms with Crippen LogP contribution in [0.2, 0.25) is 0 Å². The molecule has 0 radical (unpaired) electrons. The van der Waals surface area contributed by atoms with Crippen LogP contribution in [0.3, 0.4) is 0 Å². The van der Waals surface area contributed by atoms with E-state index in [0.717, 1.165) is 14.5 Å². The Morgan fingerprint density at radius 2 is 1.89 bits per heavy atom. The van der Waals surface area contributed by atoms with E-state index in [1.54, 1.807) is 0 Å². The van der Waals surface area contributed by atoms with Crippen LogP contribution in [0.25, 0.3) is 0 Å². The maximum Gasteiger partial charge on any atom is 0.199 e. The molecule has 2 aromatic rings. The number of hydrogen-bond acceptors (Lipinski definition) is 3. The van der Waals surface area contributed by atoms with Gasteiger partial charge in [0.2, 0.25) is 0 Å². The zero-order chi connectivity index (χ0) is 13.0. The molecule has 0 unspecified atom stereocenters. The van der Waals surface area contributed by atoms with E-state index in [9.17, 15) is 4.79 Å². The van der Waals surface area contributed by atoms with Crippen LogP contribution in [0.15, 0.2) is 44.7 Å². The molecule has 1 aromatic carbocycles. The minimum Gasteiger partial charge on any atom is -0.369 e. The van der Waals surface area contributed by atoms with Crippen molar-refractivity contribution in [3.05, 3.63) is 55.1 Å². The van der Waals surface area contributed by atoms with Crippen molar-refractivity contribution in [3.8, 4) is 0 Å². The van der Waals surface area contributed by atoms with Gasteiger partial charge in [0.05, 0.1) is 11.5 Å². The number of benzene rings is 1. The van der Waals surface area contributed by atoms with Crippen molar-refractivity contribution in [1.82, 2.24) is 0 Å². The molecule has 18 heavy (non-hydrogen) atoms. The monoisotopic (exact) mass is 388 g/mol. The van der Waals surface area contributed by atoms with E-state index < -0.39 is 0 Å². The van der Waals surface area contributed by atoms with Crippen LogP contribution in [0.1, 0.15) is 15.2 Å². The molecule has 0 saturated carbocycles. The Morgan fingerprint density at radius 3 is 2.50 bits per heavy atom. The van der Waals surface area contributed by atoms with E-state index in [1.807, 2.05) is 35.7 Å². The molecule has 94 valence electrons. The predicted molar refractivity (Wildman–Crippen MR) is 80.1 cm³/mol. The first-order chi connectivity index (χ1) is 8.66. The smallest absolute Gasteiger partial charge is 0.199 e. The highest BCUT2D eigenvalue weighted by Crippen LogP contribution is 2.23. The molecule has 0 atom stereocenters. The van der Waals surface area contributed by atoms with Gasteiger partial charge in [0, 0.05) is 8.95 Å². The highest BCUT2D eigenvalue weighted by molar-refractivity contribution is 9.10. The van der Waals surface area contributed by atoms with Gasteiger partial charge in [-0.05, 0) is 45.1 Å². The molecule has 0 aliphatic heterocycles. The third-order valence-corrected chi connectivity index (χ3v) is 4.69. The van der Waals surface area contributed by atoms with Crippen LogP contribution in [-0.4, -0.2) is 12.4 Å². The lowest BCUT2D eigenvalue weighted by atomic mass is 10.2. The molecule has 0 amide bonds. The van der Waals surface area contributed by atoms with Crippen LogP contribution in [-0.2, 0) is 11.3 Å². The Hall–Kier alpha value is -0.490. The number of halogens is 2. The number of carbonyl (C=O) groups is 1. The molecule has 0 aliphatic carbocycles. The molecule has 0 spiro atoms. The van der Waals surface area contributed by atoms with Crippen LogP contribution in [0.4, 0.5) is 0 Å². The van der Waals surface area contributed by atoms with Gasteiger partial charge in [0.15, 0.2) is 5.78 Å². The fourth-order valence-corrected chi connectivity index (χ4v) is 3.18. The van der Waals surface area contributed by atoms with Gasteiger partial charge in [-0.2, -0.15) is 0 Å². The van der Waals surface area contributed by atoms with E-state index >= 15 is 0 Å². The summed E-state index contributed by atoms with van der Waals surface area (Å²) in [6, 6.07) is 9.71. The van der Waals surface area contributed by atoms with Gasteiger partial charge >= 0.3 is 0 Å². The summed E-state index contributed by atoms with van der Waals surface area (Å²) in [5, 5.41) is 1.88. The topological polar surface area (TPSA) is 26.3 Å². The van der Waals surface area contributed by atoms with E-state index in [2.05, 4.69) is 31.9 Å². The van der Waals surface area contributed by atoms with Crippen LogP contribution >= 0.6 is 43.2 Å². The highest BCUT2D eigenvalue weighted by Gasteiger charge is 2.11. The van der Waals surface area contributed by atoms with Gasteiger partial charge in [-0.15, -0.1) is 11.3 Å². The zero-order valence-corrected chi connectivity index (χ0v) is 13.3. The van der Waals surface area contributed by atoms with E-state index in [0.29, 0.717) is 11.5 Å². The molecule has 0 bridgehead atoms. The summed E-state index contributed by atoms with van der Waals surface area (Å²) < 4.78 is 7.29. The average Bonchev–Trinajstić information content (AvgIpc) is 2.78. The van der Waals surface area contributed by atoms with E-state index in [1.165, 1.54) is 11.3 Å². The van der Waals surface area contributed by atoms with Crippen molar-refractivity contribution in [3.63, 3.8) is 0 Å². The van der Waals surface area contributed by atoms with Crippen molar-refractivity contribution >= 4 is 49.0 Å². The van der Waals surface area contributed by atoms with Gasteiger partial charge < -0.3 is 4.74 Å². The first-order valence-corrected chi connectivity index (χ1v) is 7.72. The normalized spacial score (nSPS) is 10.6. The number of carbonyl (C=O) groups excluding carboxylic acids is 1. The predicted octanol–water partition coefficient (Wildman–Crippen LogP) is 4.67. The largest absolute Gasteiger partial charge is 0.369 e. The Balaban J connectivity index is 1.84. The van der Waals surface area contributed by atoms with Gasteiger partial charge in [0.1, 0.15) is 6.61 Å². The SMILES string of the molecule is O=C(COCc1ccc(Br)cc1)c1sccc1Br. The fraction of sp³-hybridized carbons (Fsp3) is 0.154. The Kier molecular flexibility index (Phi) is 5.12.